The van der Waals surface area contributed by atoms with Crippen LogP contribution in [0.4, 0.5) is 10.3 Å². The van der Waals surface area contributed by atoms with E-state index in [9.17, 15) is 0 Å². The van der Waals surface area contributed by atoms with Crippen molar-refractivity contribution >= 4 is 32.9 Å². The van der Waals surface area contributed by atoms with Gasteiger partial charge in [-0.2, -0.15) is 0 Å². The summed E-state index contributed by atoms with van der Waals surface area (Å²) in [4.78, 5) is 8.51. The van der Waals surface area contributed by atoms with Crippen LogP contribution in [0.1, 0.15) is 11.4 Å². The minimum absolute atomic E-state index is 0.857. The van der Waals surface area contributed by atoms with Gasteiger partial charge in [0, 0.05) is 10.8 Å². The zero-order chi connectivity index (χ0) is 9.97. The highest BCUT2D eigenvalue weighted by Gasteiger charge is 1.99. The van der Waals surface area contributed by atoms with E-state index in [-0.39, 0.29) is 0 Å². The number of hydrogen-bond acceptors (Lipinski definition) is 6. The maximum absolute atomic E-state index is 4.25. The predicted octanol–water partition coefficient (Wildman–Crippen LogP) is 2.66. The average Bonchev–Trinajstić information content (AvgIpc) is 2.72. The number of anilines is 2. The summed E-state index contributed by atoms with van der Waals surface area (Å²) >= 11 is 3.14. The zero-order valence-corrected chi connectivity index (χ0v) is 9.50. The molecule has 2 aromatic heterocycles. The van der Waals surface area contributed by atoms with Gasteiger partial charge in [-0.3, -0.25) is 10.9 Å². The summed E-state index contributed by atoms with van der Waals surface area (Å²) in [6, 6.07) is 0. The number of aromatic nitrogens is 2. The Kier molecular flexibility index (Phi) is 2.64. The van der Waals surface area contributed by atoms with Gasteiger partial charge in [0.05, 0.1) is 11.4 Å². The molecule has 0 atom stereocenters. The first kappa shape index (κ1) is 9.42. The van der Waals surface area contributed by atoms with Crippen LogP contribution in [-0.2, 0) is 0 Å². The second-order valence-corrected chi connectivity index (χ2v) is 4.55. The van der Waals surface area contributed by atoms with E-state index in [4.69, 9.17) is 0 Å². The third-order valence-electron chi connectivity index (χ3n) is 1.51. The average molecular weight is 226 g/mol. The molecule has 0 saturated heterocycles. The van der Waals surface area contributed by atoms with Gasteiger partial charge in [-0.25, -0.2) is 9.97 Å². The molecule has 2 rings (SSSR count). The fourth-order valence-corrected chi connectivity index (χ4v) is 2.21. The second kappa shape index (κ2) is 3.93. The van der Waals surface area contributed by atoms with Crippen molar-refractivity contribution in [1.29, 1.82) is 0 Å². The van der Waals surface area contributed by atoms with Crippen molar-refractivity contribution in [1.82, 2.24) is 9.97 Å². The van der Waals surface area contributed by atoms with E-state index in [1.807, 2.05) is 24.6 Å². The Balaban J connectivity index is 1.94. The van der Waals surface area contributed by atoms with Crippen molar-refractivity contribution in [3.8, 4) is 0 Å². The van der Waals surface area contributed by atoms with Crippen LogP contribution in [0.15, 0.2) is 10.8 Å². The molecule has 0 aliphatic rings. The fraction of sp³-hybridized carbons (Fsp3) is 0.250. The molecule has 6 heteroatoms. The molecule has 0 saturated carbocycles. The first-order chi connectivity index (χ1) is 6.74. The maximum atomic E-state index is 4.25. The number of nitrogens with zero attached hydrogens (tertiary/aromatic N) is 2. The standard InChI is InChI=1S/C8H10N4S2/c1-5-3-13-7(9-5)11-12-8-10-6(2)4-14-8/h3-4H,1-2H3,(H,9,11)(H,10,12). The molecule has 0 aliphatic carbocycles. The number of aryl methyl sites for hydroxylation is 2. The topological polar surface area (TPSA) is 49.8 Å². The van der Waals surface area contributed by atoms with Crippen LogP contribution in [0, 0.1) is 13.8 Å². The highest BCUT2D eigenvalue weighted by Crippen LogP contribution is 2.17. The summed E-state index contributed by atoms with van der Waals surface area (Å²) in [5.74, 6) is 0. The molecule has 0 amide bonds. The van der Waals surface area contributed by atoms with Gasteiger partial charge in [-0.05, 0) is 13.8 Å². The van der Waals surface area contributed by atoms with E-state index < -0.39 is 0 Å². The molecule has 0 aromatic carbocycles. The molecule has 0 aliphatic heterocycles. The number of nitrogens with one attached hydrogen (secondary N) is 2. The van der Waals surface area contributed by atoms with Gasteiger partial charge >= 0.3 is 0 Å². The lowest BCUT2D eigenvalue weighted by molar-refractivity contribution is 1.21. The lowest BCUT2D eigenvalue weighted by atomic mass is 10.6. The monoisotopic (exact) mass is 226 g/mol. The van der Waals surface area contributed by atoms with Gasteiger partial charge in [-0.1, -0.05) is 0 Å². The second-order valence-electron chi connectivity index (χ2n) is 2.84. The third kappa shape index (κ3) is 2.21. The summed E-state index contributed by atoms with van der Waals surface area (Å²) in [7, 11) is 0. The molecular weight excluding hydrogens is 216 g/mol. The van der Waals surface area contributed by atoms with Crippen molar-refractivity contribution in [3.05, 3.63) is 22.1 Å². The smallest absolute Gasteiger partial charge is 0.201 e. The Morgan fingerprint density at radius 1 is 0.929 bits per heavy atom. The van der Waals surface area contributed by atoms with Crippen molar-refractivity contribution in [2.75, 3.05) is 10.9 Å². The minimum Gasteiger partial charge on any atom is -0.274 e. The maximum Gasteiger partial charge on any atom is 0.201 e. The molecular formula is C8H10N4S2. The summed E-state index contributed by atoms with van der Waals surface area (Å²) < 4.78 is 0. The molecule has 2 heterocycles. The first-order valence-corrected chi connectivity index (χ1v) is 5.86. The lowest BCUT2D eigenvalue weighted by Gasteiger charge is -2.01. The first-order valence-electron chi connectivity index (χ1n) is 4.10. The largest absolute Gasteiger partial charge is 0.274 e. The van der Waals surface area contributed by atoms with Crippen LogP contribution in [0.3, 0.4) is 0 Å². The van der Waals surface area contributed by atoms with Crippen LogP contribution >= 0.6 is 22.7 Å². The highest BCUT2D eigenvalue weighted by molar-refractivity contribution is 7.14. The molecule has 74 valence electrons. The van der Waals surface area contributed by atoms with Crippen LogP contribution in [0.25, 0.3) is 0 Å². The molecule has 2 N–H and O–H groups in total. The van der Waals surface area contributed by atoms with Gasteiger partial charge in [0.15, 0.2) is 0 Å². The summed E-state index contributed by atoms with van der Waals surface area (Å²) in [6.07, 6.45) is 0. The van der Waals surface area contributed by atoms with E-state index in [0.29, 0.717) is 0 Å². The zero-order valence-electron chi connectivity index (χ0n) is 7.87. The fourth-order valence-electron chi connectivity index (χ4n) is 0.930. The Hall–Kier alpha value is -1.14. The van der Waals surface area contributed by atoms with E-state index in [1.165, 1.54) is 0 Å². The molecule has 4 nitrogen and oxygen atoms in total. The van der Waals surface area contributed by atoms with Crippen molar-refractivity contribution < 1.29 is 0 Å². The Morgan fingerprint density at radius 2 is 1.36 bits per heavy atom. The number of hydrogen-bond donors (Lipinski definition) is 2. The van der Waals surface area contributed by atoms with Crippen LogP contribution in [0.2, 0.25) is 0 Å². The predicted molar refractivity (Wildman–Crippen MR) is 60.9 cm³/mol. The van der Waals surface area contributed by atoms with Gasteiger partial charge in [0.25, 0.3) is 0 Å². The minimum atomic E-state index is 0.857. The third-order valence-corrected chi connectivity index (χ3v) is 3.27. The van der Waals surface area contributed by atoms with Crippen LogP contribution in [-0.4, -0.2) is 9.97 Å². The molecule has 2 aromatic rings. The molecule has 14 heavy (non-hydrogen) atoms. The lowest BCUT2D eigenvalue weighted by Crippen LogP contribution is -2.07. The van der Waals surface area contributed by atoms with Crippen LogP contribution in [0.5, 0.6) is 0 Å². The Labute approximate surface area is 90.0 Å². The molecule has 0 bridgehead atoms. The van der Waals surface area contributed by atoms with Crippen molar-refractivity contribution in [3.63, 3.8) is 0 Å². The Morgan fingerprint density at radius 3 is 1.64 bits per heavy atom. The Bertz CT molecular complexity index is 380. The molecule has 0 radical (unpaired) electrons. The van der Waals surface area contributed by atoms with E-state index in [1.54, 1.807) is 22.7 Å². The SMILES string of the molecule is Cc1csc(NNc2nc(C)cs2)n1. The summed E-state index contributed by atoms with van der Waals surface area (Å²) in [6.45, 7) is 3.93. The summed E-state index contributed by atoms with van der Waals surface area (Å²) in [5, 5.41) is 5.71. The molecule has 0 fully saturated rings. The van der Waals surface area contributed by atoms with Crippen LogP contribution < -0.4 is 10.9 Å². The highest BCUT2D eigenvalue weighted by atomic mass is 32.1. The van der Waals surface area contributed by atoms with Crippen molar-refractivity contribution in [2.24, 2.45) is 0 Å². The number of hydrazine groups is 1. The molecule has 0 spiro atoms. The quantitative estimate of drug-likeness (QED) is 0.790. The van der Waals surface area contributed by atoms with E-state index >= 15 is 0 Å². The number of rotatable bonds is 3. The van der Waals surface area contributed by atoms with Gasteiger partial charge in [-0.15, -0.1) is 22.7 Å². The van der Waals surface area contributed by atoms with Gasteiger partial charge < -0.3 is 0 Å². The van der Waals surface area contributed by atoms with Crippen molar-refractivity contribution in [2.45, 2.75) is 13.8 Å². The number of thiazole rings is 2. The molecule has 0 unspecified atom stereocenters. The van der Waals surface area contributed by atoms with Gasteiger partial charge in [0.1, 0.15) is 0 Å². The summed E-state index contributed by atoms with van der Waals surface area (Å²) in [5.41, 5.74) is 8.05. The van der Waals surface area contributed by atoms with Gasteiger partial charge in [0.2, 0.25) is 10.3 Å². The van der Waals surface area contributed by atoms with E-state index in [0.717, 1.165) is 21.7 Å². The van der Waals surface area contributed by atoms with E-state index in [2.05, 4.69) is 20.8 Å². The normalized spacial score (nSPS) is 10.1.